The smallest absolute Gasteiger partial charge is 0.118 e. The van der Waals surface area contributed by atoms with Gasteiger partial charge in [0.1, 0.15) is 5.75 Å². The maximum atomic E-state index is 6.31. The molecule has 1 saturated carbocycles. The van der Waals surface area contributed by atoms with E-state index in [2.05, 4.69) is 12.1 Å². The Bertz CT molecular complexity index is 352. The van der Waals surface area contributed by atoms with Crippen LogP contribution in [-0.4, -0.2) is 18.4 Å². The molecule has 1 aliphatic rings. The van der Waals surface area contributed by atoms with Crippen molar-refractivity contribution in [3.63, 3.8) is 0 Å². The summed E-state index contributed by atoms with van der Waals surface area (Å²) >= 11 is 1.93. The highest BCUT2D eigenvalue weighted by Crippen LogP contribution is 2.32. The van der Waals surface area contributed by atoms with Crippen molar-refractivity contribution in [3.05, 3.63) is 24.3 Å². The summed E-state index contributed by atoms with van der Waals surface area (Å²) in [5, 5.41) is 0.568. The van der Waals surface area contributed by atoms with E-state index in [0.29, 0.717) is 11.3 Å². The van der Waals surface area contributed by atoms with Gasteiger partial charge in [-0.2, -0.15) is 0 Å². The summed E-state index contributed by atoms with van der Waals surface area (Å²) in [5.41, 5.74) is 6.31. The largest absolute Gasteiger partial charge is 0.497 e. The molecule has 0 saturated heterocycles. The lowest BCUT2D eigenvalue weighted by Gasteiger charge is -2.25. The second-order valence-corrected chi connectivity index (χ2v) is 6.30. The number of thioether (sulfide) groups is 1. The number of hydrogen-bond donors (Lipinski definition) is 1. The molecule has 18 heavy (non-hydrogen) atoms. The van der Waals surface area contributed by atoms with Gasteiger partial charge in [-0.3, -0.25) is 0 Å². The van der Waals surface area contributed by atoms with Crippen LogP contribution < -0.4 is 10.5 Å². The molecule has 2 nitrogen and oxygen atoms in total. The van der Waals surface area contributed by atoms with Gasteiger partial charge in [-0.15, -0.1) is 11.8 Å². The molecule has 1 aromatic carbocycles. The third kappa shape index (κ3) is 3.92. The molecule has 0 bridgehead atoms. The number of rotatable bonds is 3. The van der Waals surface area contributed by atoms with Gasteiger partial charge in [0, 0.05) is 16.2 Å². The minimum Gasteiger partial charge on any atom is -0.497 e. The minimum atomic E-state index is 0.345. The normalized spacial score (nSPS) is 25.2. The van der Waals surface area contributed by atoms with Crippen molar-refractivity contribution in [2.75, 3.05) is 7.11 Å². The Morgan fingerprint density at radius 2 is 1.72 bits per heavy atom. The number of methoxy groups -OCH3 is 1. The molecule has 2 N–H and O–H groups in total. The van der Waals surface area contributed by atoms with Crippen molar-refractivity contribution < 1.29 is 4.74 Å². The summed E-state index contributed by atoms with van der Waals surface area (Å²) in [5.74, 6) is 0.918. The van der Waals surface area contributed by atoms with E-state index in [9.17, 15) is 0 Å². The van der Waals surface area contributed by atoms with Gasteiger partial charge in [-0.05, 0) is 37.1 Å². The van der Waals surface area contributed by atoms with Crippen LogP contribution in [0, 0.1) is 0 Å². The second kappa shape index (κ2) is 7.05. The van der Waals surface area contributed by atoms with Crippen LogP contribution in [0.15, 0.2) is 29.2 Å². The minimum absolute atomic E-state index is 0.345. The lowest BCUT2D eigenvalue weighted by molar-refractivity contribution is 0.414. The molecule has 0 radical (unpaired) electrons. The Morgan fingerprint density at radius 1 is 1.06 bits per heavy atom. The lowest BCUT2D eigenvalue weighted by Crippen LogP contribution is -2.33. The molecule has 1 aliphatic carbocycles. The van der Waals surface area contributed by atoms with Gasteiger partial charge >= 0.3 is 0 Å². The standard InChI is InChI=1S/C15H23NOS/c1-17-12-8-10-13(11-9-12)18-15-7-5-3-2-4-6-14(15)16/h8-11,14-15H,2-7,16H2,1H3. The second-order valence-electron chi connectivity index (χ2n) is 4.99. The van der Waals surface area contributed by atoms with E-state index in [1.807, 2.05) is 23.9 Å². The van der Waals surface area contributed by atoms with Crippen molar-refractivity contribution in [1.82, 2.24) is 0 Å². The molecule has 2 rings (SSSR count). The quantitative estimate of drug-likeness (QED) is 0.902. The first kappa shape index (κ1) is 13.8. The maximum Gasteiger partial charge on any atom is 0.118 e. The summed E-state index contributed by atoms with van der Waals surface area (Å²) in [6.45, 7) is 0. The zero-order valence-corrected chi connectivity index (χ0v) is 11.9. The van der Waals surface area contributed by atoms with Crippen LogP contribution in [0.4, 0.5) is 0 Å². The molecule has 1 fully saturated rings. The summed E-state index contributed by atoms with van der Waals surface area (Å²) in [6.07, 6.45) is 7.76. The van der Waals surface area contributed by atoms with Gasteiger partial charge in [0.05, 0.1) is 7.11 Å². The van der Waals surface area contributed by atoms with Crippen LogP contribution in [0.25, 0.3) is 0 Å². The number of ether oxygens (including phenoxy) is 1. The Hall–Kier alpha value is -0.670. The molecule has 1 aromatic rings. The Labute approximate surface area is 114 Å². The fourth-order valence-electron chi connectivity index (χ4n) is 2.45. The average Bonchev–Trinajstić information content (AvgIpc) is 2.39. The van der Waals surface area contributed by atoms with Crippen LogP contribution in [-0.2, 0) is 0 Å². The monoisotopic (exact) mass is 265 g/mol. The molecule has 0 spiro atoms. The summed E-state index contributed by atoms with van der Waals surface area (Å²) in [7, 11) is 1.70. The van der Waals surface area contributed by atoms with E-state index in [0.717, 1.165) is 5.75 Å². The van der Waals surface area contributed by atoms with Gasteiger partial charge in [0.25, 0.3) is 0 Å². The van der Waals surface area contributed by atoms with Crippen LogP contribution in [0.2, 0.25) is 0 Å². The lowest BCUT2D eigenvalue weighted by atomic mass is 9.97. The first-order chi connectivity index (χ1) is 8.79. The highest BCUT2D eigenvalue weighted by Gasteiger charge is 2.20. The maximum absolute atomic E-state index is 6.31. The van der Waals surface area contributed by atoms with Gasteiger partial charge < -0.3 is 10.5 Å². The first-order valence-corrected chi connectivity index (χ1v) is 7.74. The number of benzene rings is 1. The summed E-state index contributed by atoms with van der Waals surface area (Å²) in [4.78, 5) is 1.30. The fraction of sp³-hybridized carbons (Fsp3) is 0.600. The molecular weight excluding hydrogens is 242 g/mol. The predicted molar refractivity (Wildman–Crippen MR) is 78.3 cm³/mol. The molecule has 3 heteroatoms. The van der Waals surface area contributed by atoms with Crippen molar-refractivity contribution in [2.45, 2.75) is 54.7 Å². The van der Waals surface area contributed by atoms with E-state index < -0.39 is 0 Å². The van der Waals surface area contributed by atoms with E-state index in [1.165, 1.54) is 43.4 Å². The highest BCUT2D eigenvalue weighted by molar-refractivity contribution is 8.00. The number of nitrogens with two attached hydrogens (primary N) is 1. The molecule has 0 aromatic heterocycles. The van der Waals surface area contributed by atoms with Crippen molar-refractivity contribution >= 4 is 11.8 Å². The first-order valence-electron chi connectivity index (χ1n) is 6.86. The fourth-order valence-corrected chi connectivity index (χ4v) is 3.69. The van der Waals surface area contributed by atoms with Crippen LogP contribution in [0.1, 0.15) is 38.5 Å². The van der Waals surface area contributed by atoms with E-state index in [-0.39, 0.29) is 0 Å². The van der Waals surface area contributed by atoms with Gasteiger partial charge in [-0.1, -0.05) is 25.7 Å². The number of hydrogen-bond acceptors (Lipinski definition) is 3. The van der Waals surface area contributed by atoms with Gasteiger partial charge in [0.2, 0.25) is 0 Å². The third-order valence-corrected chi connectivity index (χ3v) is 5.03. The summed E-state index contributed by atoms with van der Waals surface area (Å²) < 4.78 is 5.18. The van der Waals surface area contributed by atoms with Crippen LogP contribution >= 0.6 is 11.8 Å². The molecule has 2 unspecified atom stereocenters. The van der Waals surface area contributed by atoms with Crippen molar-refractivity contribution in [2.24, 2.45) is 5.73 Å². The van der Waals surface area contributed by atoms with Gasteiger partial charge in [0.15, 0.2) is 0 Å². The van der Waals surface area contributed by atoms with Crippen molar-refractivity contribution in [1.29, 1.82) is 0 Å². The van der Waals surface area contributed by atoms with E-state index >= 15 is 0 Å². The van der Waals surface area contributed by atoms with Crippen LogP contribution in [0.5, 0.6) is 5.75 Å². The van der Waals surface area contributed by atoms with Gasteiger partial charge in [-0.25, -0.2) is 0 Å². The SMILES string of the molecule is COc1ccc(SC2CCCCCCC2N)cc1. The van der Waals surface area contributed by atoms with E-state index in [4.69, 9.17) is 10.5 Å². The van der Waals surface area contributed by atoms with E-state index in [1.54, 1.807) is 7.11 Å². The molecule has 0 heterocycles. The predicted octanol–water partition coefficient (Wildman–Crippen LogP) is 3.84. The molecular formula is C15H23NOS. The molecule has 0 amide bonds. The molecule has 0 aliphatic heterocycles. The molecule has 100 valence electrons. The Balaban J connectivity index is 1.96. The van der Waals surface area contributed by atoms with Crippen LogP contribution in [0.3, 0.4) is 0 Å². The van der Waals surface area contributed by atoms with Crippen molar-refractivity contribution in [3.8, 4) is 5.75 Å². The topological polar surface area (TPSA) is 35.2 Å². The zero-order chi connectivity index (χ0) is 12.8. The highest BCUT2D eigenvalue weighted by atomic mass is 32.2. The molecule has 2 atom stereocenters. The Morgan fingerprint density at radius 3 is 2.39 bits per heavy atom. The zero-order valence-electron chi connectivity index (χ0n) is 11.1. The third-order valence-electron chi connectivity index (χ3n) is 3.60. The average molecular weight is 265 g/mol. The summed E-state index contributed by atoms with van der Waals surface area (Å²) in [6, 6.07) is 8.66. The Kier molecular flexibility index (Phi) is 5.39.